The summed E-state index contributed by atoms with van der Waals surface area (Å²) in [6.07, 6.45) is 3.66. The van der Waals surface area contributed by atoms with Gasteiger partial charge in [-0.05, 0) is 68.1 Å². The van der Waals surface area contributed by atoms with Gasteiger partial charge in [-0.25, -0.2) is 4.79 Å². The number of benzene rings is 2. The molecule has 1 atom stereocenters. The van der Waals surface area contributed by atoms with Crippen LogP contribution in [-0.4, -0.2) is 67.6 Å². The van der Waals surface area contributed by atoms with Gasteiger partial charge < -0.3 is 14.4 Å². The molecule has 0 aromatic heterocycles. The molecule has 166 valence electrons. The van der Waals surface area contributed by atoms with E-state index in [4.69, 9.17) is 9.47 Å². The number of rotatable bonds is 5. The quantitative estimate of drug-likeness (QED) is 0.668. The highest BCUT2D eigenvalue weighted by molar-refractivity contribution is 6.01. The molecule has 0 radical (unpaired) electrons. The summed E-state index contributed by atoms with van der Waals surface area (Å²) in [5.41, 5.74) is 0.793. The largest absolute Gasteiger partial charge is 0.497 e. The zero-order valence-electron chi connectivity index (χ0n) is 18.5. The van der Waals surface area contributed by atoms with Gasteiger partial charge in [-0.1, -0.05) is 18.2 Å². The van der Waals surface area contributed by atoms with E-state index in [0.717, 1.165) is 73.9 Å². The van der Waals surface area contributed by atoms with E-state index in [1.807, 2.05) is 43.3 Å². The second-order valence-electron chi connectivity index (χ2n) is 8.54. The van der Waals surface area contributed by atoms with Gasteiger partial charge >= 0.3 is 6.09 Å². The highest BCUT2D eigenvalue weighted by Gasteiger charge is 2.33. The van der Waals surface area contributed by atoms with Crippen LogP contribution in [0.2, 0.25) is 0 Å². The van der Waals surface area contributed by atoms with Crippen LogP contribution in [0.3, 0.4) is 0 Å². The number of amides is 1. The van der Waals surface area contributed by atoms with Crippen LogP contribution < -0.4 is 4.74 Å². The Bertz CT molecular complexity index is 936. The first-order chi connectivity index (χ1) is 15.1. The number of carbonyl (C=O) groups is 2. The standard InChI is InChI=1S/C25H32N2O4/c1-3-31-25(29)26-13-10-22(11-14-26)27-12-4-5-21(17-27)24(28)20-7-6-19-16-23(30-2)9-8-18(19)15-20/h6-9,15-16,21-22H,3-5,10-14,17H2,1-2H3/t21-/m1/s1. The number of likely N-dealkylation sites (tertiary alicyclic amines) is 2. The number of piperidine rings is 2. The number of fused-ring (bicyclic) bond motifs is 1. The van der Waals surface area contributed by atoms with Crippen molar-refractivity contribution in [2.24, 2.45) is 5.92 Å². The number of Topliss-reactive ketones (excluding diaryl/α,β-unsaturated/α-hetero) is 1. The lowest BCUT2D eigenvalue weighted by atomic mass is 9.87. The first-order valence-corrected chi connectivity index (χ1v) is 11.4. The van der Waals surface area contributed by atoms with Crippen molar-refractivity contribution in [2.75, 3.05) is 39.9 Å². The van der Waals surface area contributed by atoms with Crippen LogP contribution in [0.5, 0.6) is 5.75 Å². The average Bonchev–Trinajstić information content (AvgIpc) is 2.83. The summed E-state index contributed by atoms with van der Waals surface area (Å²) in [6.45, 7) is 5.55. The molecular formula is C25H32N2O4. The van der Waals surface area contributed by atoms with Crippen molar-refractivity contribution in [1.82, 2.24) is 9.80 Å². The molecule has 4 rings (SSSR count). The molecule has 2 saturated heterocycles. The third-order valence-electron chi connectivity index (χ3n) is 6.66. The Kier molecular flexibility index (Phi) is 6.76. The Balaban J connectivity index is 1.39. The topological polar surface area (TPSA) is 59.1 Å². The van der Waals surface area contributed by atoms with Crippen molar-refractivity contribution < 1.29 is 19.1 Å². The van der Waals surface area contributed by atoms with E-state index in [9.17, 15) is 9.59 Å². The molecule has 0 spiro atoms. The van der Waals surface area contributed by atoms with Gasteiger partial charge in [-0.2, -0.15) is 0 Å². The van der Waals surface area contributed by atoms with E-state index in [2.05, 4.69) is 4.90 Å². The van der Waals surface area contributed by atoms with Gasteiger partial charge in [0.25, 0.3) is 0 Å². The van der Waals surface area contributed by atoms with Crippen LogP contribution in [0.1, 0.15) is 43.0 Å². The van der Waals surface area contributed by atoms with Crippen molar-refractivity contribution in [3.63, 3.8) is 0 Å². The van der Waals surface area contributed by atoms with Crippen molar-refractivity contribution in [3.05, 3.63) is 42.0 Å². The molecule has 6 heteroatoms. The smallest absolute Gasteiger partial charge is 0.409 e. The molecule has 2 fully saturated rings. The van der Waals surface area contributed by atoms with Gasteiger partial charge in [0.2, 0.25) is 0 Å². The minimum absolute atomic E-state index is 0.0348. The summed E-state index contributed by atoms with van der Waals surface area (Å²) in [7, 11) is 1.66. The Morgan fingerprint density at radius 2 is 1.74 bits per heavy atom. The lowest BCUT2D eigenvalue weighted by molar-refractivity contribution is 0.0532. The van der Waals surface area contributed by atoms with Crippen molar-refractivity contribution >= 4 is 22.6 Å². The van der Waals surface area contributed by atoms with Crippen LogP contribution in [0.25, 0.3) is 10.8 Å². The third-order valence-corrected chi connectivity index (χ3v) is 6.66. The number of nitrogens with zero attached hydrogens (tertiary/aromatic N) is 2. The van der Waals surface area contributed by atoms with E-state index in [-0.39, 0.29) is 17.8 Å². The number of ketones is 1. The van der Waals surface area contributed by atoms with E-state index in [1.54, 1.807) is 12.0 Å². The maximum absolute atomic E-state index is 13.3. The van der Waals surface area contributed by atoms with Gasteiger partial charge in [0.1, 0.15) is 5.75 Å². The van der Waals surface area contributed by atoms with Gasteiger partial charge in [0, 0.05) is 37.2 Å². The highest BCUT2D eigenvalue weighted by atomic mass is 16.6. The second kappa shape index (κ2) is 9.69. The Morgan fingerprint density at radius 1 is 1.00 bits per heavy atom. The maximum atomic E-state index is 13.3. The molecular weight excluding hydrogens is 392 g/mol. The summed E-state index contributed by atoms with van der Waals surface area (Å²) in [5, 5.41) is 2.14. The van der Waals surface area contributed by atoms with Gasteiger partial charge in [-0.15, -0.1) is 0 Å². The number of hydrogen-bond acceptors (Lipinski definition) is 5. The molecule has 0 aliphatic carbocycles. The second-order valence-corrected chi connectivity index (χ2v) is 8.54. The summed E-state index contributed by atoms with van der Waals surface area (Å²) in [5.74, 6) is 1.10. The van der Waals surface area contributed by atoms with Crippen molar-refractivity contribution in [1.29, 1.82) is 0 Å². The van der Waals surface area contributed by atoms with Crippen molar-refractivity contribution in [3.8, 4) is 5.75 Å². The summed E-state index contributed by atoms with van der Waals surface area (Å²) in [6, 6.07) is 12.3. The molecule has 1 amide bonds. The predicted molar refractivity (Wildman–Crippen MR) is 121 cm³/mol. The van der Waals surface area contributed by atoms with Gasteiger partial charge in [0.05, 0.1) is 13.7 Å². The fourth-order valence-corrected chi connectivity index (χ4v) is 4.92. The van der Waals surface area contributed by atoms with Crippen LogP contribution in [0.4, 0.5) is 4.79 Å². The molecule has 31 heavy (non-hydrogen) atoms. The molecule has 0 N–H and O–H groups in total. The molecule has 2 heterocycles. The first-order valence-electron chi connectivity index (χ1n) is 11.4. The van der Waals surface area contributed by atoms with E-state index >= 15 is 0 Å². The number of hydrogen-bond donors (Lipinski definition) is 0. The first kappa shape index (κ1) is 21.6. The van der Waals surface area contributed by atoms with Crippen LogP contribution >= 0.6 is 0 Å². The third kappa shape index (κ3) is 4.85. The average molecular weight is 425 g/mol. The summed E-state index contributed by atoms with van der Waals surface area (Å²) >= 11 is 0. The molecule has 6 nitrogen and oxygen atoms in total. The van der Waals surface area contributed by atoms with E-state index in [0.29, 0.717) is 12.6 Å². The molecule has 2 aliphatic heterocycles. The van der Waals surface area contributed by atoms with Crippen molar-refractivity contribution in [2.45, 2.75) is 38.6 Å². The van der Waals surface area contributed by atoms with E-state index < -0.39 is 0 Å². The van der Waals surface area contributed by atoms with E-state index in [1.165, 1.54) is 0 Å². The predicted octanol–water partition coefficient (Wildman–Crippen LogP) is 4.36. The summed E-state index contributed by atoms with van der Waals surface area (Å²) < 4.78 is 10.4. The fourth-order valence-electron chi connectivity index (χ4n) is 4.92. The van der Waals surface area contributed by atoms with Gasteiger partial charge in [-0.3, -0.25) is 9.69 Å². The number of ether oxygens (including phenoxy) is 2. The highest BCUT2D eigenvalue weighted by Crippen LogP contribution is 2.28. The fraction of sp³-hybridized carbons (Fsp3) is 0.520. The normalized spacial score (nSPS) is 20.6. The number of carbonyl (C=O) groups excluding carboxylic acids is 2. The minimum atomic E-state index is -0.207. The zero-order valence-corrected chi connectivity index (χ0v) is 18.5. The Hall–Kier alpha value is -2.60. The Labute approximate surface area is 184 Å². The van der Waals surface area contributed by atoms with Crippen LogP contribution in [0, 0.1) is 5.92 Å². The van der Waals surface area contributed by atoms with Crippen LogP contribution in [0.15, 0.2) is 36.4 Å². The van der Waals surface area contributed by atoms with Crippen LogP contribution in [-0.2, 0) is 4.74 Å². The maximum Gasteiger partial charge on any atom is 0.409 e. The minimum Gasteiger partial charge on any atom is -0.497 e. The zero-order chi connectivity index (χ0) is 21.8. The molecule has 0 saturated carbocycles. The SMILES string of the molecule is CCOC(=O)N1CCC(N2CCC[C@@H](C(=O)c3ccc4cc(OC)ccc4c3)C2)CC1. The lowest BCUT2D eigenvalue weighted by Crippen LogP contribution is -2.50. The summed E-state index contributed by atoms with van der Waals surface area (Å²) in [4.78, 5) is 29.5. The molecule has 2 aromatic rings. The lowest BCUT2D eigenvalue weighted by Gasteiger charge is -2.41. The molecule has 2 aliphatic rings. The monoisotopic (exact) mass is 424 g/mol. The molecule has 0 unspecified atom stereocenters. The van der Waals surface area contributed by atoms with Gasteiger partial charge in [0.15, 0.2) is 5.78 Å². The molecule has 2 aromatic carbocycles. The Morgan fingerprint density at radius 3 is 2.48 bits per heavy atom. The number of methoxy groups -OCH3 is 1. The molecule has 0 bridgehead atoms.